The molecule has 3 aromatic rings. The van der Waals surface area contributed by atoms with E-state index in [1.54, 1.807) is 16.4 Å². The molecule has 2 aromatic carbocycles. The molecule has 0 aliphatic heterocycles. The molecule has 0 amide bonds. The highest BCUT2D eigenvalue weighted by Gasteiger charge is 2.07. The molecule has 1 aromatic heterocycles. The van der Waals surface area contributed by atoms with Gasteiger partial charge in [-0.3, -0.25) is 0 Å². The molecule has 0 unspecified atom stereocenters. The van der Waals surface area contributed by atoms with Crippen molar-refractivity contribution in [2.24, 2.45) is 0 Å². The first kappa shape index (κ1) is 19.7. The lowest BCUT2D eigenvalue weighted by molar-refractivity contribution is 0.678. The Balaban J connectivity index is 0.00000225. The van der Waals surface area contributed by atoms with Crippen molar-refractivity contribution in [2.45, 2.75) is 18.1 Å². The summed E-state index contributed by atoms with van der Waals surface area (Å²) in [6.07, 6.45) is 1.03. The van der Waals surface area contributed by atoms with Crippen LogP contribution in [0.4, 0.5) is 0 Å². The van der Waals surface area contributed by atoms with E-state index in [0.29, 0.717) is 0 Å². The van der Waals surface area contributed by atoms with Crippen LogP contribution < -0.4 is 5.32 Å². The molecular weight excluding hydrogens is 377 g/mol. The minimum atomic E-state index is 0. The Morgan fingerprint density at radius 2 is 1.92 bits per heavy atom. The number of hydrogen-bond acceptors (Lipinski definition) is 5. The lowest BCUT2D eigenvalue weighted by atomic mass is 10.2. The summed E-state index contributed by atoms with van der Waals surface area (Å²) in [6.45, 7) is 1.76. The number of hydrogen-bond donors (Lipinski definition) is 1. The molecule has 0 saturated heterocycles. The van der Waals surface area contributed by atoms with Crippen molar-refractivity contribution in [3.8, 4) is 5.69 Å². The number of nitrogens with zero attached hydrogens (tertiary/aromatic N) is 4. The van der Waals surface area contributed by atoms with Gasteiger partial charge in [-0.05, 0) is 53.2 Å². The van der Waals surface area contributed by atoms with Gasteiger partial charge in [-0.15, -0.1) is 17.5 Å². The molecule has 8 heteroatoms. The van der Waals surface area contributed by atoms with Crippen LogP contribution in [-0.4, -0.2) is 32.5 Å². The number of rotatable bonds is 8. The topological polar surface area (TPSA) is 55.6 Å². The number of halogens is 2. The summed E-state index contributed by atoms with van der Waals surface area (Å²) in [7, 11) is 0. The van der Waals surface area contributed by atoms with Crippen molar-refractivity contribution in [1.82, 2.24) is 25.5 Å². The smallest absolute Gasteiger partial charge is 0.214 e. The van der Waals surface area contributed by atoms with Crippen LogP contribution in [0, 0.1) is 0 Å². The molecule has 0 bridgehead atoms. The van der Waals surface area contributed by atoms with Gasteiger partial charge in [-0.2, -0.15) is 4.68 Å². The molecule has 5 nitrogen and oxygen atoms in total. The van der Waals surface area contributed by atoms with Crippen molar-refractivity contribution in [1.29, 1.82) is 0 Å². The first-order valence-electron chi connectivity index (χ1n) is 7.75. The fraction of sp³-hybridized carbons (Fsp3) is 0.235. The van der Waals surface area contributed by atoms with Crippen molar-refractivity contribution in [3.63, 3.8) is 0 Å². The largest absolute Gasteiger partial charge is 0.313 e. The van der Waals surface area contributed by atoms with Gasteiger partial charge in [-0.1, -0.05) is 53.7 Å². The van der Waals surface area contributed by atoms with Crippen LogP contribution in [0.25, 0.3) is 5.69 Å². The van der Waals surface area contributed by atoms with Gasteiger partial charge in [0.1, 0.15) is 0 Å². The van der Waals surface area contributed by atoms with Crippen LogP contribution in [0.1, 0.15) is 12.0 Å². The van der Waals surface area contributed by atoms with Crippen LogP contribution in [0.2, 0.25) is 5.02 Å². The van der Waals surface area contributed by atoms with Crippen LogP contribution >= 0.6 is 35.8 Å². The predicted molar refractivity (Wildman–Crippen MR) is 105 cm³/mol. The highest BCUT2D eigenvalue weighted by molar-refractivity contribution is 7.99. The van der Waals surface area contributed by atoms with Gasteiger partial charge in [0.25, 0.3) is 0 Å². The van der Waals surface area contributed by atoms with Gasteiger partial charge in [0.05, 0.1) is 5.69 Å². The van der Waals surface area contributed by atoms with E-state index in [1.807, 2.05) is 48.5 Å². The normalized spacial score (nSPS) is 10.4. The van der Waals surface area contributed by atoms with Gasteiger partial charge >= 0.3 is 0 Å². The highest BCUT2D eigenvalue weighted by atomic mass is 35.5. The molecule has 1 heterocycles. The Morgan fingerprint density at radius 1 is 1.08 bits per heavy atom. The average Bonchev–Trinajstić information content (AvgIpc) is 3.07. The molecular formula is C17H19Cl2N5S. The van der Waals surface area contributed by atoms with E-state index in [1.165, 1.54) is 5.56 Å². The minimum absolute atomic E-state index is 0. The van der Waals surface area contributed by atoms with Crippen molar-refractivity contribution >= 4 is 35.8 Å². The third-order valence-electron chi connectivity index (χ3n) is 3.39. The van der Waals surface area contributed by atoms with E-state index < -0.39 is 0 Å². The molecule has 0 saturated carbocycles. The fourth-order valence-corrected chi connectivity index (χ4v) is 3.28. The number of tetrazole rings is 1. The Labute approximate surface area is 162 Å². The van der Waals surface area contributed by atoms with E-state index in [0.717, 1.165) is 41.1 Å². The summed E-state index contributed by atoms with van der Waals surface area (Å²) in [5.41, 5.74) is 2.17. The predicted octanol–water partition coefficient (Wildman–Crippen LogP) is 4.01. The second kappa shape index (κ2) is 10.4. The Kier molecular flexibility index (Phi) is 8.21. The number of nitrogens with one attached hydrogen (secondary N) is 1. The van der Waals surface area contributed by atoms with Crippen LogP contribution in [-0.2, 0) is 6.54 Å². The van der Waals surface area contributed by atoms with Crippen LogP contribution in [0.3, 0.4) is 0 Å². The van der Waals surface area contributed by atoms with Crippen LogP contribution in [0.5, 0.6) is 0 Å². The zero-order valence-electron chi connectivity index (χ0n) is 13.5. The Bertz CT molecular complexity index is 766. The summed E-state index contributed by atoms with van der Waals surface area (Å²) in [4.78, 5) is 0. The molecule has 0 aliphatic rings. The molecule has 0 aliphatic carbocycles. The molecule has 1 N–H and O–H groups in total. The second-order valence-electron chi connectivity index (χ2n) is 5.22. The standard InChI is InChI=1S/C17H18ClN5S.ClH/c18-15-7-4-6-14(12-15)13-19-10-5-11-24-17-20-21-22-23(17)16-8-2-1-3-9-16;/h1-4,6-9,12,19H,5,10-11,13H2;1H. The van der Waals surface area contributed by atoms with Gasteiger partial charge in [0.2, 0.25) is 5.16 Å². The first-order valence-corrected chi connectivity index (χ1v) is 9.11. The van der Waals surface area contributed by atoms with Crippen molar-refractivity contribution in [2.75, 3.05) is 12.3 Å². The van der Waals surface area contributed by atoms with Crippen molar-refractivity contribution in [3.05, 3.63) is 65.2 Å². The van der Waals surface area contributed by atoms with E-state index in [2.05, 4.69) is 26.9 Å². The zero-order chi connectivity index (χ0) is 16.6. The molecule has 0 radical (unpaired) electrons. The lowest BCUT2D eigenvalue weighted by Crippen LogP contribution is -2.15. The molecule has 0 spiro atoms. The molecule has 25 heavy (non-hydrogen) atoms. The summed E-state index contributed by atoms with van der Waals surface area (Å²) >= 11 is 7.64. The van der Waals surface area contributed by atoms with E-state index in [-0.39, 0.29) is 12.4 Å². The minimum Gasteiger partial charge on any atom is -0.313 e. The van der Waals surface area contributed by atoms with E-state index in [4.69, 9.17) is 11.6 Å². The maximum atomic E-state index is 5.98. The van der Waals surface area contributed by atoms with Crippen molar-refractivity contribution < 1.29 is 0 Å². The Morgan fingerprint density at radius 3 is 2.72 bits per heavy atom. The second-order valence-corrected chi connectivity index (χ2v) is 6.72. The number of para-hydroxylation sites is 1. The molecule has 132 valence electrons. The first-order chi connectivity index (χ1) is 11.8. The quantitative estimate of drug-likeness (QED) is 0.461. The Hall–Kier alpha value is -1.60. The average molecular weight is 396 g/mol. The monoisotopic (exact) mass is 395 g/mol. The van der Waals surface area contributed by atoms with E-state index in [9.17, 15) is 0 Å². The highest BCUT2D eigenvalue weighted by Crippen LogP contribution is 2.18. The van der Waals surface area contributed by atoms with Crippen LogP contribution in [0.15, 0.2) is 59.8 Å². The van der Waals surface area contributed by atoms with Gasteiger partial charge in [-0.25, -0.2) is 0 Å². The molecule has 0 atom stereocenters. The lowest BCUT2D eigenvalue weighted by Gasteiger charge is -2.06. The number of benzene rings is 2. The SMILES string of the molecule is Cl.Clc1cccc(CNCCCSc2nnnn2-c2ccccc2)c1. The molecule has 0 fully saturated rings. The number of thioether (sulfide) groups is 1. The summed E-state index contributed by atoms with van der Waals surface area (Å²) in [5, 5.41) is 16.9. The molecule has 3 rings (SSSR count). The van der Waals surface area contributed by atoms with Gasteiger partial charge < -0.3 is 5.32 Å². The maximum Gasteiger partial charge on any atom is 0.214 e. The summed E-state index contributed by atoms with van der Waals surface area (Å²) in [5.74, 6) is 0.954. The fourth-order valence-electron chi connectivity index (χ4n) is 2.24. The number of aromatic nitrogens is 4. The third-order valence-corrected chi connectivity index (χ3v) is 4.63. The van der Waals surface area contributed by atoms with Gasteiger partial charge in [0.15, 0.2) is 0 Å². The maximum absolute atomic E-state index is 5.98. The summed E-state index contributed by atoms with van der Waals surface area (Å²) < 4.78 is 1.77. The van der Waals surface area contributed by atoms with Gasteiger partial charge in [0, 0.05) is 17.3 Å². The zero-order valence-corrected chi connectivity index (χ0v) is 15.9. The summed E-state index contributed by atoms with van der Waals surface area (Å²) in [6, 6.07) is 17.8. The third kappa shape index (κ3) is 6.01. The van der Waals surface area contributed by atoms with E-state index >= 15 is 0 Å².